The Bertz CT molecular complexity index is 771. The first-order valence-corrected chi connectivity index (χ1v) is 9.21. The molecule has 2 saturated heterocycles. The van der Waals surface area contributed by atoms with Crippen molar-refractivity contribution >= 4 is 15.9 Å². The molecule has 0 saturated carbocycles. The van der Waals surface area contributed by atoms with Gasteiger partial charge in [-0.15, -0.1) is 13.2 Å². The van der Waals surface area contributed by atoms with Crippen molar-refractivity contribution in [3.63, 3.8) is 0 Å². The predicted octanol–water partition coefficient (Wildman–Crippen LogP) is 1.88. The van der Waals surface area contributed by atoms with Crippen molar-refractivity contribution in [1.82, 2.24) is 9.62 Å². The van der Waals surface area contributed by atoms with Crippen LogP contribution in [0.3, 0.4) is 0 Å². The van der Waals surface area contributed by atoms with Gasteiger partial charge in [-0.2, -0.15) is 4.31 Å². The van der Waals surface area contributed by atoms with Gasteiger partial charge in [-0.05, 0) is 31.4 Å². The Morgan fingerprint density at radius 1 is 1.16 bits per heavy atom. The van der Waals surface area contributed by atoms with Crippen molar-refractivity contribution in [2.75, 3.05) is 19.6 Å². The van der Waals surface area contributed by atoms with Crippen molar-refractivity contribution in [3.8, 4) is 5.75 Å². The average molecular weight is 378 g/mol. The van der Waals surface area contributed by atoms with E-state index in [2.05, 4.69) is 10.1 Å². The molecule has 10 heteroatoms. The lowest BCUT2D eigenvalue weighted by Crippen LogP contribution is -2.46. The smallest absolute Gasteiger partial charge is 0.406 e. The highest BCUT2D eigenvalue weighted by atomic mass is 32.2. The number of nitrogens with one attached hydrogen (secondary N) is 1. The molecule has 0 radical (unpaired) electrons. The molecule has 25 heavy (non-hydrogen) atoms. The number of ether oxygens (including phenoxy) is 1. The predicted molar refractivity (Wildman–Crippen MR) is 81.2 cm³/mol. The third-order valence-electron chi connectivity index (χ3n) is 4.73. The fourth-order valence-corrected chi connectivity index (χ4v) is 4.81. The fourth-order valence-electron chi connectivity index (χ4n) is 3.33. The van der Waals surface area contributed by atoms with E-state index < -0.39 is 27.6 Å². The second kappa shape index (κ2) is 6.17. The SMILES string of the molecule is O=C1NCCC12CCN(S(=O)(=O)c1cccc(OC(F)(F)F)c1)CC2. The Hall–Kier alpha value is -1.81. The van der Waals surface area contributed by atoms with Gasteiger partial charge in [-0.1, -0.05) is 6.07 Å². The number of piperidine rings is 1. The molecule has 0 aromatic heterocycles. The quantitative estimate of drug-likeness (QED) is 0.871. The molecule has 1 spiro atoms. The van der Waals surface area contributed by atoms with Crippen molar-refractivity contribution in [2.45, 2.75) is 30.5 Å². The van der Waals surface area contributed by atoms with Crippen LogP contribution in [0.25, 0.3) is 0 Å². The zero-order valence-electron chi connectivity index (χ0n) is 13.2. The maximum atomic E-state index is 12.7. The Morgan fingerprint density at radius 3 is 2.40 bits per heavy atom. The molecule has 1 aromatic rings. The highest BCUT2D eigenvalue weighted by Gasteiger charge is 2.46. The summed E-state index contributed by atoms with van der Waals surface area (Å²) in [7, 11) is -3.95. The van der Waals surface area contributed by atoms with E-state index in [1.54, 1.807) is 0 Å². The van der Waals surface area contributed by atoms with E-state index >= 15 is 0 Å². The summed E-state index contributed by atoms with van der Waals surface area (Å²) in [6.07, 6.45) is -3.42. The molecule has 1 aromatic carbocycles. The number of sulfonamides is 1. The molecule has 138 valence electrons. The van der Waals surface area contributed by atoms with Crippen LogP contribution in [-0.2, 0) is 14.8 Å². The summed E-state index contributed by atoms with van der Waals surface area (Å²) in [5, 5.41) is 2.76. The summed E-state index contributed by atoms with van der Waals surface area (Å²) < 4.78 is 67.3. The van der Waals surface area contributed by atoms with Crippen LogP contribution in [0.4, 0.5) is 13.2 Å². The minimum absolute atomic E-state index is 0.0508. The first-order valence-electron chi connectivity index (χ1n) is 7.77. The number of nitrogens with zero attached hydrogens (tertiary/aromatic N) is 1. The number of carbonyl (C=O) groups is 1. The molecule has 0 aliphatic carbocycles. The van der Waals surface area contributed by atoms with Gasteiger partial charge >= 0.3 is 6.36 Å². The van der Waals surface area contributed by atoms with Crippen LogP contribution in [0.1, 0.15) is 19.3 Å². The standard InChI is InChI=1S/C15H17F3N2O4S/c16-15(17,18)24-11-2-1-3-12(10-11)25(22,23)20-8-5-14(6-9-20)4-7-19-13(14)21/h1-3,10H,4-9H2,(H,19,21). The molecule has 2 aliphatic rings. The van der Waals surface area contributed by atoms with Gasteiger partial charge in [0, 0.05) is 25.7 Å². The van der Waals surface area contributed by atoms with E-state index in [-0.39, 0.29) is 23.9 Å². The summed E-state index contributed by atoms with van der Waals surface area (Å²) in [4.78, 5) is 11.7. The van der Waals surface area contributed by atoms with Gasteiger partial charge in [-0.25, -0.2) is 8.42 Å². The van der Waals surface area contributed by atoms with E-state index in [1.165, 1.54) is 16.4 Å². The highest BCUT2D eigenvalue weighted by molar-refractivity contribution is 7.89. The lowest BCUT2D eigenvalue weighted by Gasteiger charge is -2.36. The van der Waals surface area contributed by atoms with E-state index in [9.17, 15) is 26.4 Å². The molecule has 0 atom stereocenters. The van der Waals surface area contributed by atoms with Gasteiger partial charge < -0.3 is 10.1 Å². The van der Waals surface area contributed by atoms with Gasteiger partial charge in [0.15, 0.2) is 0 Å². The summed E-state index contributed by atoms with van der Waals surface area (Å²) in [5.74, 6) is -0.637. The van der Waals surface area contributed by atoms with Crippen LogP contribution in [0.5, 0.6) is 5.75 Å². The van der Waals surface area contributed by atoms with Gasteiger partial charge in [-0.3, -0.25) is 4.79 Å². The molecule has 1 amide bonds. The Labute approximate surface area is 143 Å². The van der Waals surface area contributed by atoms with Crippen LogP contribution >= 0.6 is 0 Å². The number of rotatable bonds is 3. The van der Waals surface area contributed by atoms with Crippen LogP contribution < -0.4 is 10.1 Å². The van der Waals surface area contributed by atoms with Crippen molar-refractivity contribution in [3.05, 3.63) is 24.3 Å². The number of halogens is 3. The van der Waals surface area contributed by atoms with Crippen molar-refractivity contribution in [2.24, 2.45) is 5.41 Å². The van der Waals surface area contributed by atoms with E-state index in [1.807, 2.05) is 0 Å². The maximum absolute atomic E-state index is 12.7. The number of carbonyl (C=O) groups excluding carboxylic acids is 1. The van der Waals surface area contributed by atoms with Gasteiger partial charge in [0.2, 0.25) is 15.9 Å². The molecule has 3 rings (SSSR count). The lowest BCUT2D eigenvalue weighted by molar-refractivity contribution is -0.274. The molecule has 0 unspecified atom stereocenters. The lowest BCUT2D eigenvalue weighted by atomic mass is 9.78. The Morgan fingerprint density at radius 2 is 1.84 bits per heavy atom. The normalized spacial score (nSPS) is 21.3. The van der Waals surface area contributed by atoms with Gasteiger partial charge in [0.05, 0.1) is 10.3 Å². The first kappa shape index (κ1) is 18.0. The Balaban J connectivity index is 1.76. The third-order valence-corrected chi connectivity index (χ3v) is 6.62. The van der Waals surface area contributed by atoms with E-state index in [0.717, 1.165) is 12.1 Å². The number of benzene rings is 1. The number of hydrogen-bond acceptors (Lipinski definition) is 4. The number of alkyl halides is 3. The van der Waals surface area contributed by atoms with Crippen LogP contribution in [-0.4, -0.2) is 44.6 Å². The van der Waals surface area contributed by atoms with Crippen LogP contribution in [0.15, 0.2) is 29.2 Å². The largest absolute Gasteiger partial charge is 0.573 e. The summed E-state index contributed by atoms with van der Waals surface area (Å²) in [5.41, 5.74) is -0.521. The maximum Gasteiger partial charge on any atom is 0.573 e. The number of hydrogen-bond donors (Lipinski definition) is 1. The average Bonchev–Trinajstić information content (AvgIpc) is 2.87. The van der Waals surface area contributed by atoms with Crippen LogP contribution in [0.2, 0.25) is 0 Å². The fraction of sp³-hybridized carbons (Fsp3) is 0.533. The minimum Gasteiger partial charge on any atom is -0.406 e. The van der Waals surface area contributed by atoms with Crippen molar-refractivity contribution in [1.29, 1.82) is 0 Å². The molecule has 1 N–H and O–H groups in total. The molecular formula is C15H17F3N2O4S. The second-order valence-electron chi connectivity index (χ2n) is 6.21. The zero-order chi connectivity index (χ0) is 18.3. The summed E-state index contributed by atoms with van der Waals surface area (Å²) in [6, 6.07) is 4.32. The van der Waals surface area contributed by atoms with E-state index in [0.29, 0.717) is 25.8 Å². The first-order chi connectivity index (χ1) is 11.6. The second-order valence-corrected chi connectivity index (χ2v) is 8.15. The zero-order valence-corrected chi connectivity index (χ0v) is 14.0. The summed E-state index contributed by atoms with van der Waals surface area (Å²) in [6.45, 7) is 0.891. The van der Waals surface area contributed by atoms with Gasteiger partial charge in [0.1, 0.15) is 5.75 Å². The highest BCUT2D eigenvalue weighted by Crippen LogP contribution is 2.39. The van der Waals surface area contributed by atoms with Crippen molar-refractivity contribution < 1.29 is 31.1 Å². The molecule has 2 fully saturated rings. The monoisotopic (exact) mass is 378 g/mol. The minimum atomic E-state index is -4.89. The Kier molecular flexibility index (Phi) is 4.44. The van der Waals surface area contributed by atoms with Crippen LogP contribution in [0, 0.1) is 5.41 Å². The molecule has 0 bridgehead atoms. The number of amides is 1. The summed E-state index contributed by atoms with van der Waals surface area (Å²) >= 11 is 0. The molecular weight excluding hydrogens is 361 g/mol. The topological polar surface area (TPSA) is 75.7 Å². The molecule has 6 nitrogen and oxygen atoms in total. The molecule has 2 aliphatic heterocycles. The molecule has 2 heterocycles. The van der Waals surface area contributed by atoms with E-state index in [4.69, 9.17) is 0 Å². The van der Waals surface area contributed by atoms with Gasteiger partial charge in [0.25, 0.3) is 0 Å². The third kappa shape index (κ3) is 3.59.